The van der Waals surface area contributed by atoms with Crippen LogP contribution in [-0.2, 0) is 16.8 Å². The highest BCUT2D eigenvalue weighted by Gasteiger charge is 2.20. The molecule has 0 unspecified atom stereocenters. The van der Waals surface area contributed by atoms with Crippen LogP contribution in [0.1, 0.15) is 42.3 Å². The standard InChI is InChI=1S/C26H30FN7O2/c1-17-18(12-28-25(35)19-13-30-34(14-19)26(2,3)4)5-6-21(23(17)27)24-22-11-20(15-33(22)31-16-29-24)32-7-9-36-10-8-32/h5-6,11,13-16H,7-10,12H2,1-4H3,(H,28,35). The predicted molar refractivity (Wildman–Crippen MR) is 135 cm³/mol. The van der Waals surface area contributed by atoms with Gasteiger partial charge in [-0.25, -0.2) is 13.9 Å². The number of hydrogen-bond acceptors (Lipinski definition) is 6. The summed E-state index contributed by atoms with van der Waals surface area (Å²) < 4.78 is 24.5. The largest absolute Gasteiger partial charge is 0.378 e. The first-order valence-electron chi connectivity index (χ1n) is 12.0. The van der Waals surface area contributed by atoms with Crippen molar-refractivity contribution in [3.8, 4) is 11.3 Å². The second-order valence-electron chi connectivity index (χ2n) is 9.97. The molecule has 0 atom stereocenters. The van der Waals surface area contributed by atoms with Gasteiger partial charge < -0.3 is 15.0 Å². The number of fused-ring (bicyclic) bond motifs is 1. The van der Waals surface area contributed by atoms with E-state index in [9.17, 15) is 4.79 Å². The van der Waals surface area contributed by atoms with Gasteiger partial charge in [-0.2, -0.15) is 10.2 Å². The Kier molecular flexibility index (Phi) is 6.21. The van der Waals surface area contributed by atoms with Gasteiger partial charge in [0.05, 0.1) is 47.9 Å². The van der Waals surface area contributed by atoms with Crippen molar-refractivity contribution in [3.63, 3.8) is 0 Å². The van der Waals surface area contributed by atoms with Crippen molar-refractivity contribution in [1.82, 2.24) is 29.7 Å². The molecule has 9 nitrogen and oxygen atoms in total. The van der Waals surface area contributed by atoms with Crippen LogP contribution in [0.25, 0.3) is 16.8 Å². The van der Waals surface area contributed by atoms with Crippen LogP contribution in [0.2, 0.25) is 0 Å². The van der Waals surface area contributed by atoms with E-state index in [1.165, 1.54) is 6.33 Å². The quantitative estimate of drug-likeness (QED) is 0.459. The van der Waals surface area contributed by atoms with Gasteiger partial charge in [0, 0.05) is 31.4 Å². The molecule has 1 N–H and O–H groups in total. The molecule has 1 saturated heterocycles. The lowest BCUT2D eigenvalue weighted by atomic mass is 10.0. The first-order chi connectivity index (χ1) is 17.2. The molecule has 1 aromatic carbocycles. The third-order valence-electron chi connectivity index (χ3n) is 6.49. The highest BCUT2D eigenvalue weighted by molar-refractivity contribution is 5.93. The summed E-state index contributed by atoms with van der Waals surface area (Å²) >= 11 is 0. The van der Waals surface area contributed by atoms with Crippen molar-refractivity contribution < 1.29 is 13.9 Å². The fraction of sp³-hybridized carbons (Fsp3) is 0.385. The zero-order valence-electron chi connectivity index (χ0n) is 21.0. The summed E-state index contributed by atoms with van der Waals surface area (Å²) in [7, 11) is 0. The lowest BCUT2D eigenvalue weighted by molar-refractivity contribution is 0.0950. The smallest absolute Gasteiger partial charge is 0.254 e. The number of nitrogens with one attached hydrogen (secondary N) is 1. The Morgan fingerprint density at radius 1 is 1.17 bits per heavy atom. The minimum Gasteiger partial charge on any atom is -0.378 e. The molecule has 1 amide bonds. The lowest BCUT2D eigenvalue weighted by Gasteiger charge is -2.27. The zero-order valence-corrected chi connectivity index (χ0v) is 21.0. The van der Waals surface area contributed by atoms with E-state index < -0.39 is 0 Å². The number of benzene rings is 1. The van der Waals surface area contributed by atoms with E-state index in [4.69, 9.17) is 4.74 Å². The number of carbonyl (C=O) groups is 1. The second-order valence-corrected chi connectivity index (χ2v) is 9.97. The third-order valence-corrected chi connectivity index (χ3v) is 6.49. The first-order valence-corrected chi connectivity index (χ1v) is 12.0. The number of anilines is 1. The molecule has 36 heavy (non-hydrogen) atoms. The summed E-state index contributed by atoms with van der Waals surface area (Å²) in [5, 5.41) is 11.5. The van der Waals surface area contributed by atoms with Crippen molar-refractivity contribution in [2.24, 2.45) is 0 Å². The molecule has 0 spiro atoms. The van der Waals surface area contributed by atoms with Gasteiger partial charge in [-0.1, -0.05) is 6.07 Å². The maximum absolute atomic E-state index is 15.6. The number of ether oxygens (including phenoxy) is 1. The number of aromatic nitrogens is 5. The summed E-state index contributed by atoms with van der Waals surface area (Å²) in [6.45, 7) is 10.9. The topological polar surface area (TPSA) is 89.6 Å². The van der Waals surface area contributed by atoms with E-state index in [0.717, 1.165) is 24.3 Å². The summed E-state index contributed by atoms with van der Waals surface area (Å²) in [4.78, 5) is 19.3. The second kappa shape index (κ2) is 9.34. The Hall–Kier alpha value is -3.79. The van der Waals surface area contributed by atoms with Crippen molar-refractivity contribution in [3.05, 3.63) is 65.6 Å². The van der Waals surface area contributed by atoms with Crippen LogP contribution in [0.3, 0.4) is 0 Å². The third kappa shape index (κ3) is 4.56. The van der Waals surface area contributed by atoms with Gasteiger partial charge >= 0.3 is 0 Å². The number of halogens is 1. The molecule has 4 aromatic rings. The number of amides is 1. The van der Waals surface area contributed by atoms with Crippen molar-refractivity contribution in [2.75, 3.05) is 31.2 Å². The SMILES string of the molecule is Cc1c(CNC(=O)c2cnn(C(C)(C)C)c2)ccc(-c2ncnn3cc(N4CCOCC4)cc23)c1F. The monoisotopic (exact) mass is 491 g/mol. The molecule has 0 aliphatic carbocycles. The van der Waals surface area contributed by atoms with E-state index in [1.54, 1.807) is 34.6 Å². The van der Waals surface area contributed by atoms with Gasteiger partial charge in [-0.15, -0.1) is 0 Å². The summed E-state index contributed by atoms with van der Waals surface area (Å²) in [6, 6.07) is 5.53. The maximum atomic E-state index is 15.6. The average Bonchev–Trinajstić information content (AvgIpc) is 3.53. The summed E-state index contributed by atoms with van der Waals surface area (Å²) in [6.07, 6.45) is 6.63. The molecule has 0 radical (unpaired) electrons. The van der Waals surface area contributed by atoms with Gasteiger partial charge in [-0.05, 0) is 51.0 Å². The van der Waals surface area contributed by atoms with Gasteiger partial charge in [0.15, 0.2) is 0 Å². The summed E-state index contributed by atoms with van der Waals surface area (Å²) in [5.74, 6) is -0.618. The average molecular weight is 492 g/mol. The predicted octanol–water partition coefficient (Wildman–Crippen LogP) is 3.56. The van der Waals surface area contributed by atoms with E-state index in [-0.39, 0.29) is 23.8 Å². The van der Waals surface area contributed by atoms with E-state index in [2.05, 4.69) is 25.4 Å². The minimum absolute atomic E-state index is 0.202. The van der Waals surface area contributed by atoms with Crippen molar-refractivity contribution >= 4 is 17.1 Å². The molecule has 3 aromatic heterocycles. The van der Waals surface area contributed by atoms with Crippen LogP contribution < -0.4 is 10.2 Å². The van der Waals surface area contributed by atoms with Gasteiger partial charge in [0.2, 0.25) is 0 Å². The van der Waals surface area contributed by atoms with Gasteiger partial charge in [0.25, 0.3) is 5.91 Å². The maximum Gasteiger partial charge on any atom is 0.254 e. The van der Waals surface area contributed by atoms with Crippen molar-refractivity contribution in [2.45, 2.75) is 39.8 Å². The Balaban J connectivity index is 1.37. The van der Waals surface area contributed by atoms with Crippen LogP contribution in [-0.4, -0.2) is 56.6 Å². The number of nitrogens with zero attached hydrogens (tertiary/aromatic N) is 6. The number of hydrogen-bond donors (Lipinski definition) is 1. The molecule has 10 heteroatoms. The van der Waals surface area contributed by atoms with Crippen LogP contribution >= 0.6 is 0 Å². The fourth-order valence-electron chi connectivity index (χ4n) is 4.30. The highest BCUT2D eigenvalue weighted by atomic mass is 19.1. The molecule has 4 heterocycles. The number of morpholine rings is 1. The van der Waals surface area contributed by atoms with E-state index in [0.29, 0.717) is 41.2 Å². The van der Waals surface area contributed by atoms with E-state index >= 15 is 4.39 Å². The molecule has 1 aliphatic heterocycles. The minimum atomic E-state index is -0.364. The lowest BCUT2D eigenvalue weighted by Crippen LogP contribution is -2.35. The molecular formula is C26H30FN7O2. The van der Waals surface area contributed by atoms with Crippen LogP contribution in [0.4, 0.5) is 10.1 Å². The molecule has 188 valence electrons. The molecule has 1 fully saturated rings. The summed E-state index contributed by atoms with van der Waals surface area (Å²) in [5.41, 5.74) is 4.07. The normalized spacial score (nSPS) is 14.4. The van der Waals surface area contributed by atoms with Crippen LogP contribution in [0.15, 0.2) is 43.1 Å². The van der Waals surface area contributed by atoms with Crippen molar-refractivity contribution in [1.29, 1.82) is 0 Å². The molecule has 1 aliphatic rings. The van der Waals surface area contributed by atoms with E-state index in [1.807, 2.05) is 39.1 Å². The number of rotatable bonds is 5. The van der Waals surface area contributed by atoms with Crippen LogP contribution in [0.5, 0.6) is 0 Å². The Morgan fingerprint density at radius 2 is 1.94 bits per heavy atom. The van der Waals surface area contributed by atoms with Crippen LogP contribution in [0, 0.1) is 12.7 Å². The Labute approximate surface area is 208 Å². The molecular weight excluding hydrogens is 461 g/mol. The Bertz CT molecular complexity index is 1410. The first kappa shape index (κ1) is 23.9. The zero-order chi connectivity index (χ0) is 25.4. The molecule has 0 bridgehead atoms. The van der Waals surface area contributed by atoms with Gasteiger partial charge in [-0.3, -0.25) is 9.48 Å². The van der Waals surface area contributed by atoms with Gasteiger partial charge in [0.1, 0.15) is 17.8 Å². The highest BCUT2D eigenvalue weighted by Crippen LogP contribution is 2.31. The molecule has 0 saturated carbocycles. The Morgan fingerprint density at radius 3 is 2.67 bits per heavy atom. The molecule has 5 rings (SSSR count). The fourth-order valence-corrected chi connectivity index (χ4v) is 4.30. The number of carbonyl (C=O) groups excluding carboxylic acids is 1.